The zero-order valence-corrected chi connectivity index (χ0v) is 13.1. The average molecular weight is 303 g/mol. The predicted octanol–water partition coefficient (Wildman–Crippen LogP) is 0.436. The van der Waals surface area contributed by atoms with Crippen molar-refractivity contribution in [3.05, 3.63) is 34.9 Å². The minimum absolute atomic E-state index is 0.0172. The number of nitrogens with one attached hydrogen (secondary N) is 1. The Morgan fingerprint density at radius 2 is 2.23 bits per heavy atom. The Morgan fingerprint density at radius 3 is 2.82 bits per heavy atom. The molecule has 7 heteroatoms. The number of rotatable bonds is 3. The molecule has 0 saturated carbocycles. The maximum absolute atomic E-state index is 12.6. The summed E-state index contributed by atoms with van der Waals surface area (Å²) in [6, 6.07) is 1.97. The highest BCUT2D eigenvalue weighted by atomic mass is 16.3. The number of β-amino-alcohol motifs (C(OH)–C–C–N with tert-alkyl or cyclic N) is 1. The Bertz CT molecular complexity index is 690. The van der Waals surface area contributed by atoms with Crippen molar-refractivity contribution in [3.8, 4) is 0 Å². The highest BCUT2D eigenvalue weighted by Gasteiger charge is 2.35. The molecule has 3 heterocycles. The number of aromatic nitrogens is 4. The SMILES string of the molecule is Cc1cc(C[C@@H]2CN(C(=O)c3cnn(C)c3C)C[C@@H]2O)n[nH]1. The van der Waals surface area contributed by atoms with E-state index in [9.17, 15) is 9.90 Å². The van der Waals surface area contributed by atoms with Crippen LogP contribution in [0.3, 0.4) is 0 Å². The van der Waals surface area contributed by atoms with Gasteiger partial charge in [-0.2, -0.15) is 10.2 Å². The molecule has 0 aliphatic carbocycles. The van der Waals surface area contributed by atoms with E-state index in [-0.39, 0.29) is 11.8 Å². The second-order valence-electron chi connectivity index (χ2n) is 6.05. The van der Waals surface area contributed by atoms with Gasteiger partial charge in [-0.25, -0.2) is 0 Å². The number of nitrogens with zero attached hydrogens (tertiary/aromatic N) is 4. The van der Waals surface area contributed by atoms with Gasteiger partial charge in [-0.3, -0.25) is 14.6 Å². The summed E-state index contributed by atoms with van der Waals surface area (Å²) in [4.78, 5) is 14.3. The van der Waals surface area contributed by atoms with Crippen LogP contribution in [-0.4, -0.2) is 55.1 Å². The summed E-state index contributed by atoms with van der Waals surface area (Å²) in [6.45, 7) is 4.72. The topological polar surface area (TPSA) is 87.0 Å². The fourth-order valence-electron chi connectivity index (χ4n) is 2.95. The summed E-state index contributed by atoms with van der Waals surface area (Å²) in [5.74, 6) is -0.0472. The Morgan fingerprint density at radius 1 is 1.45 bits per heavy atom. The number of aliphatic hydroxyl groups excluding tert-OH is 1. The number of carbonyl (C=O) groups is 1. The number of aromatic amines is 1. The number of hydrogen-bond acceptors (Lipinski definition) is 4. The van der Waals surface area contributed by atoms with Gasteiger partial charge >= 0.3 is 0 Å². The predicted molar refractivity (Wildman–Crippen MR) is 80.4 cm³/mol. The number of hydrogen-bond donors (Lipinski definition) is 2. The summed E-state index contributed by atoms with van der Waals surface area (Å²) < 4.78 is 1.68. The molecule has 0 radical (unpaired) electrons. The first-order valence-corrected chi connectivity index (χ1v) is 7.42. The Hall–Kier alpha value is -2.15. The van der Waals surface area contributed by atoms with Crippen LogP contribution < -0.4 is 0 Å². The van der Waals surface area contributed by atoms with E-state index < -0.39 is 6.10 Å². The number of amides is 1. The quantitative estimate of drug-likeness (QED) is 0.861. The van der Waals surface area contributed by atoms with Crippen molar-refractivity contribution in [2.24, 2.45) is 13.0 Å². The summed E-state index contributed by atoms with van der Waals surface area (Å²) in [5, 5.41) is 21.5. The van der Waals surface area contributed by atoms with Crippen LogP contribution in [0.4, 0.5) is 0 Å². The monoisotopic (exact) mass is 303 g/mol. The molecule has 1 saturated heterocycles. The maximum Gasteiger partial charge on any atom is 0.257 e. The number of carbonyl (C=O) groups excluding carboxylic acids is 1. The summed E-state index contributed by atoms with van der Waals surface area (Å²) in [6.07, 6.45) is 1.74. The van der Waals surface area contributed by atoms with Gasteiger partial charge in [0.2, 0.25) is 0 Å². The summed E-state index contributed by atoms with van der Waals surface area (Å²) in [5.41, 5.74) is 3.37. The molecule has 2 aromatic heterocycles. The molecule has 2 aromatic rings. The van der Waals surface area contributed by atoms with Crippen molar-refractivity contribution in [1.82, 2.24) is 24.9 Å². The Balaban J connectivity index is 1.70. The normalized spacial score (nSPS) is 21.5. The number of aliphatic hydroxyl groups is 1. The molecular formula is C15H21N5O2. The van der Waals surface area contributed by atoms with Crippen molar-refractivity contribution in [1.29, 1.82) is 0 Å². The van der Waals surface area contributed by atoms with Gasteiger partial charge in [-0.05, 0) is 26.3 Å². The lowest BCUT2D eigenvalue weighted by Crippen LogP contribution is -2.30. The minimum atomic E-state index is -0.516. The van der Waals surface area contributed by atoms with Gasteiger partial charge in [0.15, 0.2) is 0 Å². The first-order chi connectivity index (χ1) is 10.5. The lowest BCUT2D eigenvalue weighted by Gasteiger charge is -2.15. The van der Waals surface area contributed by atoms with Gasteiger partial charge in [0.25, 0.3) is 5.91 Å². The van der Waals surface area contributed by atoms with Gasteiger partial charge in [-0.15, -0.1) is 0 Å². The van der Waals surface area contributed by atoms with E-state index in [2.05, 4.69) is 15.3 Å². The maximum atomic E-state index is 12.6. The van der Waals surface area contributed by atoms with Crippen molar-refractivity contribution < 1.29 is 9.90 Å². The molecule has 0 spiro atoms. The highest BCUT2D eigenvalue weighted by Crippen LogP contribution is 2.23. The summed E-state index contributed by atoms with van der Waals surface area (Å²) >= 11 is 0. The molecule has 22 heavy (non-hydrogen) atoms. The first kappa shape index (κ1) is 14.8. The summed E-state index contributed by atoms with van der Waals surface area (Å²) in [7, 11) is 1.81. The molecule has 2 atom stereocenters. The van der Waals surface area contributed by atoms with Crippen LogP contribution in [0.2, 0.25) is 0 Å². The molecule has 1 amide bonds. The molecule has 2 N–H and O–H groups in total. The highest BCUT2D eigenvalue weighted by molar-refractivity contribution is 5.95. The first-order valence-electron chi connectivity index (χ1n) is 7.42. The molecule has 0 unspecified atom stereocenters. The Labute approximate surface area is 128 Å². The smallest absolute Gasteiger partial charge is 0.257 e. The largest absolute Gasteiger partial charge is 0.391 e. The standard InChI is InChI=1S/C15H21N5O2/c1-9-4-12(18-17-9)5-11-7-20(8-14(11)21)15(22)13-6-16-19(3)10(13)2/h4,6,11,14,21H,5,7-8H2,1-3H3,(H,17,18)/t11-,14+/m1/s1. The Kier molecular flexibility index (Phi) is 3.74. The van der Waals surface area contributed by atoms with Crippen molar-refractivity contribution in [2.45, 2.75) is 26.4 Å². The second kappa shape index (κ2) is 5.57. The van der Waals surface area contributed by atoms with E-state index in [0.717, 1.165) is 17.1 Å². The van der Waals surface area contributed by atoms with Crippen LogP contribution in [0.1, 0.15) is 27.4 Å². The van der Waals surface area contributed by atoms with Gasteiger partial charge in [0, 0.05) is 37.4 Å². The van der Waals surface area contributed by atoms with E-state index >= 15 is 0 Å². The van der Waals surface area contributed by atoms with Crippen molar-refractivity contribution >= 4 is 5.91 Å². The zero-order chi connectivity index (χ0) is 15.9. The molecule has 0 aromatic carbocycles. The van der Waals surface area contributed by atoms with Crippen LogP contribution in [0.25, 0.3) is 0 Å². The molecule has 3 rings (SSSR count). The molecule has 0 bridgehead atoms. The van der Waals surface area contributed by atoms with Crippen LogP contribution >= 0.6 is 0 Å². The molecule has 1 aliphatic heterocycles. The molecule has 118 valence electrons. The lowest BCUT2D eigenvalue weighted by molar-refractivity contribution is 0.0764. The third-order valence-corrected chi connectivity index (χ3v) is 4.39. The van der Waals surface area contributed by atoms with Gasteiger partial charge < -0.3 is 10.0 Å². The molecule has 7 nitrogen and oxygen atoms in total. The lowest BCUT2D eigenvalue weighted by atomic mass is 10.0. The fraction of sp³-hybridized carbons (Fsp3) is 0.533. The van der Waals surface area contributed by atoms with Gasteiger partial charge in [0.05, 0.1) is 23.6 Å². The molecule has 1 aliphatic rings. The molecular weight excluding hydrogens is 282 g/mol. The van der Waals surface area contributed by atoms with E-state index in [1.54, 1.807) is 15.8 Å². The third-order valence-electron chi connectivity index (χ3n) is 4.39. The second-order valence-corrected chi connectivity index (χ2v) is 6.05. The van der Waals surface area contributed by atoms with Gasteiger partial charge in [-0.1, -0.05) is 0 Å². The van der Waals surface area contributed by atoms with Crippen molar-refractivity contribution in [3.63, 3.8) is 0 Å². The van der Waals surface area contributed by atoms with Crippen LogP contribution in [-0.2, 0) is 13.5 Å². The fourth-order valence-corrected chi connectivity index (χ4v) is 2.95. The van der Waals surface area contributed by atoms with Crippen LogP contribution in [0.5, 0.6) is 0 Å². The minimum Gasteiger partial charge on any atom is -0.391 e. The van der Waals surface area contributed by atoms with E-state index in [0.29, 0.717) is 25.1 Å². The van der Waals surface area contributed by atoms with Gasteiger partial charge in [0.1, 0.15) is 0 Å². The van der Waals surface area contributed by atoms with Crippen molar-refractivity contribution in [2.75, 3.05) is 13.1 Å². The molecule has 1 fully saturated rings. The number of likely N-dealkylation sites (tertiary alicyclic amines) is 1. The average Bonchev–Trinajstić information content (AvgIpc) is 3.13. The van der Waals surface area contributed by atoms with Crippen LogP contribution in [0, 0.1) is 19.8 Å². The van der Waals surface area contributed by atoms with E-state index in [1.165, 1.54) is 0 Å². The zero-order valence-electron chi connectivity index (χ0n) is 13.1. The van der Waals surface area contributed by atoms with Crippen LogP contribution in [0.15, 0.2) is 12.3 Å². The van der Waals surface area contributed by atoms with E-state index in [1.807, 2.05) is 27.0 Å². The number of aryl methyl sites for hydroxylation is 2. The number of H-pyrrole nitrogens is 1. The van der Waals surface area contributed by atoms with E-state index in [4.69, 9.17) is 0 Å². The third kappa shape index (κ3) is 2.64.